The average molecular weight is 267 g/mol. The van der Waals surface area contributed by atoms with E-state index in [-0.39, 0.29) is 5.88 Å². The summed E-state index contributed by atoms with van der Waals surface area (Å²) in [4.78, 5) is 13.2. The number of nitrogens with zero attached hydrogens (tertiary/aromatic N) is 2. The fourth-order valence-corrected chi connectivity index (χ4v) is 1.15. The van der Waals surface area contributed by atoms with E-state index in [9.17, 15) is 23.3 Å². The minimum absolute atomic E-state index is 0.225. The Hall–Kier alpha value is -2.10. The van der Waals surface area contributed by atoms with Gasteiger partial charge in [0.25, 0.3) is 0 Å². The van der Waals surface area contributed by atoms with Crippen LogP contribution in [-0.4, -0.2) is 23.4 Å². The molecule has 1 aromatic rings. The van der Waals surface area contributed by atoms with Gasteiger partial charge in [0, 0.05) is 6.54 Å². The summed E-state index contributed by atoms with van der Waals surface area (Å²) in [6, 6.07) is 0.722. The Morgan fingerprint density at radius 3 is 2.56 bits per heavy atom. The first kappa shape index (κ1) is 14.0. The molecule has 18 heavy (non-hydrogen) atoms. The van der Waals surface area contributed by atoms with Crippen molar-refractivity contribution in [1.29, 1.82) is 0 Å². The summed E-state index contributed by atoms with van der Waals surface area (Å²) in [6.45, 7) is -0.469. The number of nitro groups is 1. The molecule has 0 aliphatic heterocycles. The predicted molar refractivity (Wildman–Crippen MR) is 52.0 cm³/mol. The number of ether oxygens (including phenoxy) is 2. The molecular formula is C8H8F3N3O4. The smallest absolute Gasteiger partial charge is 0.481 e. The van der Waals surface area contributed by atoms with Crippen LogP contribution >= 0.6 is 0 Å². The maximum absolute atomic E-state index is 12.1. The Bertz CT molecular complexity index is 464. The zero-order chi connectivity index (χ0) is 13.9. The molecule has 0 spiro atoms. The normalized spacial score (nSPS) is 11.2. The van der Waals surface area contributed by atoms with Crippen molar-refractivity contribution in [2.45, 2.75) is 12.9 Å². The number of methoxy groups -OCH3 is 1. The summed E-state index contributed by atoms with van der Waals surface area (Å²) in [7, 11) is 1.16. The Morgan fingerprint density at radius 1 is 1.56 bits per heavy atom. The lowest BCUT2D eigenvalue weighted by molar-refractivity contribution is -0.388. The van der Waals surface area contributed by atoms with Crippen LogP contribution < -0.4 is 15.2 Å². The van der Waals surface area contributed by atoms with Gasteiger partial charge in [-0.2, -0.15) is 0 Å². The molecule has 2 N–H and O–H groups in total. The first-order chi connectivity index (χ1) is 8.28. The van der Waals surface area contributed by atoms with Gasteiger partial charge in [-0.1, -0.05) is 0 Å². The molecule has 0 unspecified atom stereocenters. The van der Waals surface area contributed by atoms with E-state index in [1.54, 1.807) is 0 Å². The highest BCUT2D eigenvalue weighted by atomic mass is 19.4. The Balaban J connectivity index is 3.39. The Kier molecular flexibility index (Phi) is 3.91. The number of rotatable bonds is 4. The molecular weight excluding hydrogens is 259 g/mol. The topological polar surface area (TPSA) is 101 Å². The van der Waals surface area contributed by atoms with E-state index in [1.165, 1.54) is 0 Å². The summed E-state index contributed by atoms with van der Waals surface area (Å²) < 4.78 is 44.6. The van der Waals surface area contributed by atoms with Gasteiger partial charge in [-0.05, 0) is 0 Å². The highest BCUT2D eigenvalue weighted by Gasteiger charge is 2.36. The van der Waals surface area contributed by atoms with Crippen LogP contribution in [0, 0.1) is 10.1 Å². The van der Waals surface area contributed by atoms with Crippen LogP contribution in [0.25, 0.3) is 0 Å². The van der Waals surface area contributed by atoms with Gasteiger partial charge in [0.05, 0.1) is 18.1 Å². The molecule has 0 aliphatic rings. The highest BCUT2D eigenvalue weighted by molar-refractivity contribution is 5.51. The molecule has 1 rings (SSSR count). The number of pyridine rings is 1. The molecule has 10 heteroatoms. The Morgan fingerprint density at radius 2 is 2.17 bits per heavy atom. The second-order valence-corrected chi connectivity index (χ2v) is 2.97. The van der Waals surface area contributed by atoms with Crippen molar-refractivity contribution in [1.82, 2.24) is 4.98 Å². The van der Waals surface area contributed by atoms with Gasteiger partial charge in [0.1, 0.15) is 5.69 Å². The highest BCUT2D eigenvalue weighted by Crippen LogP contribution is 2.36. The third kappa shape index (κ3) is 3.20. The number of alkyl halides is 3. The van der Waals surface area contributed by atoms with Gasteiger partial charge in [-0.15, -0.1) is 13.2 Å². The molecule has 100 valence electrons. The first-order valence-electron chi connectivity index (χ1n) is 4.46. The molecule has 0 radical (unpaired) electrons. The van der Waals surface area contributed by atoms with Gasteiger partial charge in [0.2, 0.25) is 11.6 Å². The minimum atomic E-state index is -5.08. The van der Waals surface area contributed by atoms with Gasteiger partial charge >= 0.3 is 12.0 Å². The fraction of sp³-hybridized carbons (Fsp3) is 0.375. The molecule has 0 aliphatic carbocycles. The van der Waals surface area contributed by atoms with Crippen molar-refractivity contribution in [3.63, 3.8) is 0 Å². The van der Waals surface area contributed by atoms with E-state index >= 15 is 0 Å². The summed E-state index contributed by atoms with van der Waals surface area (Å²) in [5.41, 5.74) is 3.84. The molecule has 1 heterocycles. The number of halogens is 3. The standard InChI is InChI=1S/C8H8F3N3O4/c1-17-6-2-5(14(15)16)7(4(3-12)13-6)18-8(9,10)11/h2H,3,12H2,1H3. The molecule has 0 saturated carbocycles. The van der Waals surface area contributed by atoms with Crippen molar-refractivity contribution in [2.75, 3.05) is 7.11 Å². The maximum Gasteiger partial charge on any atom is 0.573 e. The van der Waals surface area contributed by atoms with E-state index in [1.807, 2.05) is 0 Å². The van der Waals surface area contributed by atoms with Gasteiger partial charge in [0.15, 0.2) is 0 Å². The molecule has 1 aromatic heterocycles. The second kappa shape index (κ2) is 5.04. The molecule has 0 saturated heterocycles. The molecule has 0 atom stereocenters. The van der Waals surface area contributed by atoms with Crippen LogP contribution in [0.3, 0.4) is 0 Å². The summed E-state index contributed by atoms with van der Waals surface area (Å²) in [5.74, 6) is -1.26. The Labute approximate surface area is 98.5 Å². The zero-order valence-corrected chi connectivity index (χ0v) is 9.02. The monoisotopic (exact) mass is 267 g/mol. The minimum Gasteiger partial charge on any atom is -0.481 e. The van der Waals surface area contributed by atoms with Gasteiger partial charge < -0.3 is 15.2 Å². The van der Waals surface area contributed by atoms with Crippen LogP contribution in [0.5, 0.6) is 11.6 Å². The van der Waals surface area contributed by atoms with Crippen molar-refractivity contribution in [2.24, 2.45) is 5.73 Å². The largest absolute Gasteiger partial charge is 0.573 e. The quantitative estimate of drug-likeness (QED) is 0.652. The molecule has 0 fully saturated rings. The van der Waals surface area contributed by atoms with Crippen molar-refractivity contribution >= 4 is 5.69 Å². The summed E-state index contributed by atoms with van der Waals surface area (Å²) in [6.07, 6.45) is -5.08. The second-order valence-electron chi connectivity index (χ2n) is 2.97. The maximum atomic E-state index is 12.1. The summed E-state index contributed by atoms with van der Waals surface area (Å²) in [5, 5.41) is 10.7. The lowest BCUT2D eigenvalue weighted by Crippen LogP contribution is -2.20. The van der Waals surface area contributed by atoms with E-state index in [0.29, 0.717) is 0 Å². The van der Waals surface area contributed by atoms with Crippen molar-refractivity contribution in [3.05, 3.63) is 21.9 Å². The average Bonchev–Trinajstić information content (AvgIpc) is 2.26. The van der Waals surface area contributed by atoms with E-state index in [0.717, 1.165) is 13.2 Å². The van der Waals surface area contributed by atoms with Crippen LogP contribution in [0.4, 0.5) is 18.9 Å². The molecule has 0 aromatic carbocycles. The zero-order valence-electron chi connectivity index (χ0n) is 9.02. The van der Waals surface area contributed by atoms with E-state index < -0.39 is 35.0 Å². The molecule has 0 amide bonds. The van der Waals surface area contributed by atoms with Crippen LogP contribution in [0.1, 0.15) is 5.69 Å². The number of hydrogen-bond donors (Lipinski definition) is 1. The van der Waals surface area contributed by atoms with Crippen LogP contribution in [0.2, 0.25) is 0 Å². The SMILES string of the molecule is COc1cc([N+](=O)[O-])c(OC(F)(F)F)c(CN)n1. The van der Waals surface area contributed by atoms with Crippen molar-refractivity contribution < 1.29 is 27.6 Å². The number of nitrogens with two attached hydrogens (primary N) is 1. The fourth-order valence-electron chi connectivity index (χ4n) is 1.15. The lowest BCUT2D eigenvalue weighted by atomic mass is 10.3. The van der Waals surface area contributed by atoms with Crippen molar-refractivity contribution in [3.8, 4) is 11.6 Å². The number of aromatic nitrogens is 1. The first-order valence-corrected chi connectivity index (χ1v) is 4.46. The van der Waals surface area contributed by atoms with Gasteiger partial charge in [-0.25, -0.2) is 4.98 Å². The molecule has 0 bridgehead atoms. The van der Waals surface area contributed by atoms with E-state index in [4.69, 9.17) is 5.73 Å². The molecule has 7 nitrogen and oxygen atoms in total. The van der Waals surface area contributed by atoms with Crippen LogP contribution in [0.15, 0.2) is 6.07 Å². The van der Waals surface area contributed by atoms with E-state index in [2.05, 4.69) is 14.5 Å². The van der Waals surface area contributed by atoms with Gasteiger partial charge in [-0.3, -0.25) is 10.1 Å². The predicted octanol–water partition coefficient (Wildman–Crippen LogP) is 1.36. The number of hydrogen-bond acceptors (Lipinski definition) is 6. The van der Waals surface area contributed by atoms with Crippen LogP contribution in [-0.2, 0) is 6.54 Å². The summed E-state index contributed by atoms with van der Waals surface area (Å²) >= 11 is 0. The third-order valence-corrected chi connectivity index (χ3v) is 1.82. The third-order valence-electron chi connectivity index (χ3n) is 1.82. The lowest BCUT2D eigenvalue weighted by Gasteiger charge is -2.12.